The molecule has 144 valence electrons. The molecule has 1 amide bonds. The van der Waals surface area contributed by atoms with Crippen molar-refractivity contribution in [3.63, 3.8) is 0 Å². The predicted octanol–water partition coefficient (Wildman–Crippen LogP) is 2.29. The summed E-state index contributed by atoms with van der Waals surface area (Å²) in [5.74, 6) is 0.576. The summed E-state index contributed by atoms with van der Waals surface area (Å²) < 4.78 is 1.83. The van der Waals surface area contributed by atoms with Crippen molar-refractivity contribution in [1.29, 1.82) is 0 Å². The van der Waals surface area contributed by atoms with Crippen molar-refractivity contribution >= 4 is 23.5 Å². The van der Waals surface area contributed by atoms with Gasteiger partial charge in [0.25, 0.3) is 0 Å². The highest BCUT2D eigenvalue weighted by Gasteiger charge is 2.19. The molecule has 2 heterocycles. The van der Waals surface area contributed by atoms with E-state index in [-0.39, 0.29) is 17.4 Å². The standard InChI is InChI=1S/C20H21N5O2S/c1-14(26)17(12-15-6-4-3-5-7-15)22-18(27)13-28-20-24-23-19(25(20)2)16-8-10-21-11-9-16/h3-11,17H,12-13H2,1-2H3,(H,22,27)/t17-/m1/s1. The van der Waals surface area contributed by atoms with Gasteiger partial charge in [0, 0.05) is 25.0 Å². The van der Waals surface area contributed by atoms with Gasteiger partial charge in [0.05, 0.1) is 11.8 Å². The molecule has 0 aliphatic carbocycles. The predicted molar refractivity (Wildman–Crippen MR) is 108 cm³/mol. The molecular formula is C20H21N5O2S. The van der Waals surface area contributed by atoms with Crippen molar-refractivity contribution < 1.29 is 9.59 Å². The van der Waals surface area contributed by atoms with E-state index in [0.717, 1.165) is 11.1 Å². The van der Waals surface area contributed by atoms with Gasteiger partial charge >= 0.3 is 0 Å². The van der Waals surface area contributed by atoms with Crippen LogP contribution in [0.1, 0.15) is 12.5 Å². The first-order chi connectivity index (χ1) is 13.5. The molecule has 3 rings (SSSR count). The van der Waals surface area contributed by atoms with Crippen molar-refractivity contribution in [3.05, 3.63) is 60.4 Å². The number of rotatable bonds is 8. The second-order valence-electron chi connectivity index (χ2n) is 6.31. The molecule has 1 N–H and O–H groups in total. The summed E-state index contributed by atoms with van der Waals surface area (Å²) in [5, 5.41) is 11.8. The molecular weight excluding hydrogens is 374 g/mol. The fraction of sp³-hybridized carbons (Fsp3) is 0.250. The van der Waals surface area contributed by atoms with E-state index in [0.29, 0.717) is 17.4 Å². The number of ketones is 1. The number of Topliss-reactive ketones (excluding diaryl/α,β-unsaturated/α-hetero) is 1. The lowest BCUT2D eigenvalue weighted by molar-refractivity contribution is -0.125. The second kappa shape index (κ2) is 9.27. The Morgan fingerprint density at radius 2 is 1.82 bits per heavy atom. The Kier molecular flexibility index (Phi) is 6.54. The highest BCUT2D eigenvalue weighted by atomic mass is 32.2. The molecule has 0 unspecified atom stereocenters. The third kappa shape index (κ3) is 5.04. The summed E-state index contributed by atoms with van der Waals surface area (Å²) in [5.41, 5.74) is 1.91. The van der Waals surface area contributed by atoms with Crippen LogP contribution >= 0.6 is 11.8 Å². The van der Waals surface area contributed by atoms with E-state index in [9.17, 15) is 9.59 Å². The summed E-state index contributed by atoms with van der Waals surface area (Å²) in [4.78, 5) is 28.3. The number of hydrogen-bond acceptors (Lipinski definition) is 6. The van der Waals surface area contributed by atoms with Crippen LogP contribution in [0, 0.1) is 0 Å². The number of benzene rings is 1. The van der Waals surface area contributed by atoms with E-state index < -0.39 is 6.04 Å². The molecule has 0 fully saturated rings. The van der Waals surface area contributed by atoms with Crippen LogP contribution < -0.4 is 5.32 Å². The van der Waals surface area contributed by atoms with Crippen LogP contribution in [0.25, 0.3) is 11.4 Å². The van der Waals surface area contributed by atoms with Crippen molar-refractivity contribution in [2.24, 2.45) is 7.05 Å². The van der Waals surface area contributed by atoms with Crippen LogP contribution in [0.3, 0.4) is 0 Å². The molecule has 1 aromatic carbocycles. The van der Waals surface area contributed by atoms with Crippen LogP contribution in [0.5, 0.6) is 0 Å². The smallest absolute Gasteiger partial charge is 0.231 e. The van der Waals surface area contributed by atoms with Gasteiger partial charge in [-0.1, -0.05) is 42.1 Å². The fourth-order valence-electron chi connectivity index (χ4n) is 2.71. The average molecular weight is 395 g/mol. The summed E-state index contributed by atoms with van der Waals surface area (Å²) in [7, 11) is 1.85. The maximum absolute atomic E-state index is 12.4. The Hall–Kier alpha value is -3.00. The van der Waals surface area contributed by atoms with Crippen molar-refractivity contribution in [3.8, 4) is 11.4 Å². The molecule has 0 saturated carbocycles. The van der Waals surface area contributed by atoms with Gasteiger partial charge in [0.15, 0.2) is 16.8 Å². The maximum Gasteiger partial charge on any atom is 0.231 e. The monoisotopic (exact) mass is 395 g/mol. The van der Waals surface area contributed by atoms with E-state index in [2.05, 4.69) is 20.5 Å². The van der Waals surface area contributed by atoms with E-state index in [4.69, 9.17) is 0 Å². The zero-order chi connectivity index (χ0) is 19.9. The lowest BCUT2D eigenvalue weighted by atomic mass is 10.0. The minimum Gasteiger partial charge on any atom is -0.345 e. The number of aromatic nitrogens is 4. The molecule has 0 spiro atoms. The number of nitrogens with zero attached hydrogens (tertiary/aromatic N) is 4. The number of amides is 1. The summed E-state index contributed by atoms with van der Waals surface area (Å²) >= 11 is 1.28. The quantitative estimate of drug-likeness (QED) is 0.589. The summed E-state index contributed by atoms with van der Waals surface area (Å²) in [6, 6.07) is 12.8. The zero-order valence-corrected chi connectivity index (χ0v) is 16.5. The number of nitrogens with one attached hydrogen (secondary N) is 1. The van der Waals surface area contributed by atoms with Crippen LogP contribution in [0.15, 0.2) is 60.0 Å². The lowest BCUT2D eigenvalue weighted by Crippen LogP contribution is -2.42. The molecule has 0 radical (unpaired) electrons. The van der Waals surface area contributed by atoms with Gasteiger partial charge < -0.3 is 9.88 Å². The zero-order valence-electron chi connectivity index (χ0n) is 15.7. The van der Waals surface area contributed by atoms with Crippen LogP contribution in [-0.4, -0.2) is 43.2 Å². The molecule has 2 aromatic heterocycles. The highest BCUT2D eigenvalue weighted by Crippen LogP contribution is 2.21. The first-order valence-corrected chi connectivity index (χ1v) is 9.79. The Balaban J connectivity index is 1.59. The van der Waals surface area contributed by atoms with E-state index in [1.54, 1.807) is 12.4 Å². The van der Waals surface area contributed by atoms with Gasteiger partial charge in [-0.15, -0.1) is 10.2 Å². The van der Waals surface area contributed by atoms with Crippen molar-refractivity contribution in [1.82, 2.24) is 25.1 Å². The van der Waals surface area contributed by atoms with Crippen LogP contribution in [0.4, 0.5) is 0 Å². The Morgan fingerprint density at radius 3 is 2.50 bits per heavy atom. The minimum absolute atomic E-state index is 0.0687. The number of pyridine rings is 1. The number of thioether (sulfide) groups is 1. The van der Waals surface area contributed by atoms with Gasteiger partial charge in [0.2, 0.25) is 5.91 Å². The SMILES string of the molecule is CC(=O)[C@@H](Cc1ccccc1)NC(=O)CSc1nnc(-c2ccncc2)n1C. The molecule has 7 nitrogen and oxygen atoms in total. The number of carbonyl (C=O) groups excluding carboxylic acids is 2. The summed E-state index contributed by atoms with van der Waals surface area (Å²) in [6.45, 7) is 1.49. The average Bonchev–Trinajstić information content (AvgIpc) is 3.07. The molecule has 3 aromatic rings. The summed E-state index contributed by atoms with van der Waals surface area (Å²) in [6.07, 6.45) is 3.86. The van der Waals surface area contributed by atoms with Crippen molar-refractivity contribution in [2.75, 3.05) is 5.75 Å². The molecule has 0 bridgehead atoms. The third-order valence-corrected chi connectivity index (χ3v) is 5.23. The molecule has 1 atom stereocenters. The Morgan fingerprint density at radius 1 is 1.11 bits per heavy atom. The van der Waals surface area contributed by atoms with Gasteiger partial charge in [0.1, 0.15) is 0 Å². The number of carbonyl (C=O) groups is 2. The number of hydrogen-bond donors (Lipinski definition) is 1. The lowest BCUT2D eigenvalue weighted by Gasteiger charge is -2.16. The van der Waals surface area contributed by atoms with Crippen LogP contribution in [-0.2, 0) is 23.1 Å². The van der Waals surface area contributed by atoms with E-state index >= 15 is 0 Å². The van der Waals surface area contributed by atoms with Gasteiger partial charge in [-0.25, -0.2) is 0 Å². The maximum atomic E-state index is 12.4. The topological polar surface area (TPSA) is 89.8 Å². The Bertz CT molecular complexity index is 944. The fourth-order valence-corrected chi connectivity index (χ4v) is 3.43. The van der Waals surface area contributed by atoms with Crippen molar-refractivity contribution in [2.45, 2.75) is 24.5 Å². The first kappa shape index (κ1) is 19.8. The minimum atomic E-state index is -0.539. The van der Waals surface area contributed by atoms with Gasteiger partial charge in [-0.05, 0) is 31.0 Å². The molecule has 0 aliphatic rings. The Labute approximate surface area is 167 Å². The normalized spacial score (nSPS) is 11.8. The van der Waals surface area contributed by atoms with Crippen LogP contribution in [0.2, 0.25) is 0 Å². The van der Waals surface area contributed by atoms with E-state index in [1.807, 2.05) is 54.1 Å². The third-order valence-electron chi connectivity index (χ3n) is 4.21. The molecule has 0 aliphatic heterocycles. The van der Waals surface area contributed by atoms with Gasteiger partial charge in [-0.2, -0.15) is 0 Å². The largest absolute Gasteiger partial charge is 0.345 e. The molecule has 28 heavy (non-hydrogen) atoms. The van der Waals surface area contributed by atoms with E-state index in [1.165, 1.54) is 18.7 Å². The van der Waals surface area contributed by atoms with Gasteiger partial charge in [-0.3, -0.25) is 14.6 Å². The molecule has 0 saturated heterocycles. The first-order valence-electron chi connectivity index (χ1n) is 8.81. The second-order valence-corrected chi connectivity index (χ2v) is 7.25. The molecule has 8 heteroatoms. The highest BCUT2D eigenvalue weighted by molar-refractivity contribution is 7.99.